The van der Waals surface area contributed by atoms with E-state index in [1.807, 2.05) is 18.2 Å². The lowest BCUT2D eigenvalue weighted by molar-refractivity contribution is 0.317. The van der Waals surface area contributed by atoms with Crippen molar-refractivity contribution < 1.29 is 4.74 Å². The maximum atomic E-state index is 5.53. The second kappa shape index (κ2) is 9.08. The Hall–Kier alpha value is -1.17. The zero-order chi connectivity index (χ0) is 10.9. The third-order valence-electron chi connectivity index (χ3n) is 1.93. The van der Waals surface area contributed by atoms with Gasteiger partial charge in [-0.15, -0.1) is 18.8 Å². The van der Waals surface area contributed by atoms with E-state index in [1.54, 1.807) is 0 Å². The van der Waals surface area contributed by atoms with Crippen LogP contribution in [0.5, 0.6) is 5.75 Å². The van der Waals surface area contributed by atoms with Gasteiger partial charge in [0, 0.05) is 6.54 Å². The van der Waals surface area contributed by atoms with E-state index in [9.17, 15) is 0 Å². The minimum absolute atomic E-state index is 0. The minimum atomic E-state index is 0. The van der Waals surface area contributed by atoms with Gasteiger partial charge in [-0.2, -0.15) is 0 Å². The smallest absolute Gasteiger partial charge is 0.119 e. The molecule has 3 heteroatoms. The Bertz CT molecular complexity index is 333. The van der Waals surface area contributed by atoms with Gasteiger partial charge < -0.3 is 10.1 Å². The molecular weight excluding hydrogens is 222 g/mol. The van der Waals surface area contributed by atoms with E-state index in [0.29, 0.717) is 6.54 Å². The van der Waals surface area contributed by atoms with Gasteiger partial charge in [-0.05, 0) is 24.1 Å². The Labute approximate surface area is 104 Å². The third-order valence-corrected chi connectivity index (χ3v) is 1.93. The molecule has 0 saturated carbocycles. The quantitative estimate of drug-likeness (QED) is 0.609. The lowest BCUT2D eigenvalue weighted by Gasteiger charge is -2.06. The summed E-state index contributed by atoms with van der Waals surface area (Å²) in [4.78, 5) is 0. The summed E-state index contributed by atoms with van der Waals surface area (Å²) in [6.07, 6.45) is 6.18. The van der Waals surface area contributed by atoms with E-state index in [0.717, 1.165) is 25.3 Å². The average molecular weight is 240 g/mol. The first-order valence-corrected chi connectivity index (χ1v) is 5.22. The van der Waals surface area contributed by atoms with Crippen LogP contribution in [-0.2, 0) is 6.54 Å². The van der Waals surface area contributed by atoms with E-state index in [-0.39, 0.29) is 12.4 Å². The number of hydrogen-bond donors (Lipinski definition) is 1. The number of ether oxygens (including phenoxy) is 1. The van der Waals surface area contributed by atoms with Crippen LogP contribution in [0.2, 0.25) is 0 Å². The van der Waals surface area contributed by atoms with Gasteiger partial charge in [-0.1, -0.05) is 25.0 Å². The SMILES string of the molecule is C#CCNCc1cccc(OCCC)c1.Cl. The summed E-state index contributed by atoms with van der Waals surface area (Å²) in [5.74, 6) is 3.47. The fourth-order valence-electron chi connectivity index (χ4n) is 1.24. The van der Waals surface area contributed by atoms with Crippen LogP contribution in [0.4, 0.5) is 0 Å². The van der Waals surface area contributed by atoms with Crippen LogP contribution in [0.15, 0.2) is 24.3 Å². The number of rotatable bonds is 6. The molecule has 0 bridgehead atoms. The van der Waals surface area contributed by atoms with E-state index in [1.165, 1.54) is 5.56 Å². The molecule has 1 aromatic rings. The van der Waals surface area contributed by atoms with Crippen LogP contribution in [-0.4, -0.2) is 13.2 Å². The van der Waals surface area contributed by atoms with Gasteiger partial charge in [-0.25, -0.2) is 0 Å². The Morgan fingerprint density at radius 3 is 2.94 bits per heavy atom. The molecular formula is C13H18ClNO. The third kappa shape index (κ3) is 5.65. The van der Waals surface area contributed by atoms with Gasteiger partial charge in [-0.3, -0.25) is 0 Å². The Kier molecular flexibility index (Phi) is 8.42. The van der Waals surface area contributed by atoms with Gasteiger partial charge in [0.05, 0.1) is 13.2 Å². The topological polar surface area (TPSA) is 21.3 Å². The highest BCUT2D eigenvalue weighted by atomic mass is 35.5. The zero-order valence-corrected chi connectivity index (χ0v) is 10.3. The summed E-state index contributed by atoms with van der Waals surface area (Å²) < 4.78 is 5.53. The summed E-state index contributed by atoms with van der Waals surface area (Å²) in [7, 11) is 0. The van der Waals surface area contributed by atoms with Crippen molar-refractivity contribution in [2.24, 2.45) is 0 Å². The molecule has 1 rings (SSSR count). The molecule has 2 nitrogen and oxygen atoms in total. The van der Waals surface area contributed by atoms with Crippen molar-refractivity contribution in [3.63, 3.8) is 0 Å². The number of benzene rings is 1. The van der Waals surface area contributed by atoms with Crippen LogP contribution in [0.3, 0.4) is 0 Å². The second-order valence-electron chi connectivity index (χ2n) is 3.30. The van der Waals surface area contributed by atoms with Crippen molar-refractivity contribution in [1.82, 2.24) is 5.32 Å². The van der Waals surface area contributed by atoms with Crippen LogP contribution in [0, 0.1) is 12.3 Å². The molecule has 1 aromatic carbocycles. The largest absolute Gasteiger partial charge is 0.494 e. The molecule has 0 amide bonds. The second-order valence-corrected chi connectivity index (χ2v) is 3.30. The Morgan fingerprint density at radius 2 is 2.25 bits per heavy atom. The summed E-state index contributed by atoms with van der Waals surface area (Å²) in [5, 5.41) is 3.14. The standard InChI is InChI=1S/C13H17NO.ClH/c1-3-8-14-11-12-6-5-7-13(10-12)15-9-4-2;/h1,5-7,10,14H,4,8-9,11H2,2H3;1H. The number of nitrogens with one attached hydrogen (secondary N) is 1. The summed E-state index contributed by atoms with van der Waals surface area (Å²) >= 11 is 0. The van der Waals surface area contributed by atoms with Gasteiger partial charge in [0.25, 0.3) is 0 Å². The van der Waals surface area contributed by atoms with Gasteiger partial charge in [0.2, 0.25) is 0 Å². The molecule has 0 aromatic heterocycles. The summed E-state index contributed by atoms with van der Waals surface area (Å²) in [6, 6.07) is 8.07. The van der Waals surface area contributed by atoms with Gasteiger partial charge in [0.1, 0.15) is 5.75 Å². The first kappa shape index (κ1) is 14.8. The molecule has 0 saturated heterocycles. The zero-order valence-electron chi connectivity index (χ0n) is 9.53. The lowest BCUT2D eigenvalue weighted by Crippen LogP contribution is -2.12. The Morgan fingerprint density at radius 1 is 1.44 bits per heavy atom. The Balaban J connectivity index is 0.00000225. The molecule has 1 N–H and O–H groups in total. The van der Waals surface area contributed by atoms with Crippen molar-refractivity contribution in [3.8, 4) is 18.1 Å². The summed E-state index contributed by atoms with van der Waals surface area (Å²) in [5.41, 5.74) is 1.19. The van der Waals surface area contributed by atoms with E-state index < -0.39 is 0 Å². The number of hydrogen-bond acceptors (Lipinski definition) is 2. The maximum absolute atomic E-state index is 5.53. The van der Waals surface area contributed by atoms with Gasteiger partial charge >= 0.3 is 0 Å². The fraction of sp³-hybridized carbons (Fsp3) is 0.385. The molecule has 0 radical (unpaired) electrons. The molecule has 0 aliphatic carbocycles. The molecule has 0 atom stereocenters. The molecule has 16 heavy (non-hydrogen) atoms. The predicted octanol–water partition coefficient (Wildman–Crippen LogP) is 2.62. The highest BCUT2D eigenvalue weighted by Gasteiger charge is 1.95. The highest BCUT2D eigenvalue weighted by Crippen LogP contribution is 2.13. The molecule has 0 spiro atoms. The predicted molar refractivity (Wildman–Crippen MR) is 70.0 cm³/mol. The number of terminal acetylenes is 1. The van der Waals surface area contributed by atoms with Crippen LogP contribution in [0.25, 0.3) is 0 Å². The van der Waals surface area contributed by atoms with E-state index in [2.05, 4.69) is 24.2 Å². The first-order chi connectivity index (χ1) is 7.36. The van der Waals surface area contributed by atoms with Crippen molar-refractivity contribution in [2.75, 3.05) is 13.2 Å². The van der Waals surface area contributed by atoms with Gasteiger partial charge in [0.15, 0.2) is 0 Å². The van der Waals surface area contributed by atoms with Crippen molar-refractivity contribution in [3.05, 3.63) is 29.8 Å². The maximum Gasteiger partial charge on any atom is 0.119 e. The van der Waals surface area contributed by atoms with Crippen LogP contribution in [0.1, 0.15) is 18.9 Å². The molecule has 0 unspecified atom stereocenters. The highest BCUT2D eigenvalue weighted by molar-refractivity contribution is 5.85. The fourth-order valence-corrected chi connectivity index (χ4v) is 1.24. The van der Waals surface area contributed by atoms with Crippen molar-refractivity contribution in [2.45, 2.75) is 19.9 Å². The van der Waals surface area contributed by atoms with Crippen LogP contribution < -0.4 is 10.1 Å². The monoisotopic (exact) mass is 239 g/mol. The molecule has 0 heterocycles. The number of halogens is 1. The average Bonchev–Trinajstić information content (AvgIpc) is 2.27. The van der Waals surface area contributed by atoms with E-state index >= 15 is 0 Å². The molecule has 0 aliphatic rings. The normalized spacial score (nSPS) is 9.00. The van der Waals surface area contributed by atoms with E-state index in [4.69, 9.17) is 11.2 Å². The minimum Gasteiger partial charge on any atom is -0.494 e. The van der Waals surface area contributed by atoms with Crippen LogP contribution >= 0.6 is 12.4 Å². The summed E-state index contributed by atoms with van der Waals surface area (Å²) in [6.45, 7) is 4.24. The molecule has 0 aliphatic heterocycles. The van der Waals surface area contributed by atoms with Crippen molar-refractivity contribution >= 4 is 12.4 Å². The first-order valence-electron chi connectivity index (χ1n) is 5.22. The molecule has 88 valence electrons. The molecule has 0 fully saturated rings. The van der Waals surface area contributed by atoms with Crippen molar-refractivity contribution in [1.29, 1.82) is 0 Å². The lowest BCUT2D eigenvalue weighted by atomic mass is 10.2.